The fourth-order valence-electron chi connectivity index (χ4n) is 2.04. The molecule has 0 radical (unpaired) electrons. The molecular weight excluding hydrogens is 222 g/mol. The molecule has 1 N–H and O–H groups in total. The van der Waals surface area contributed by atoms with Gasteiger partial charge in [0.15, 0.2) is 0 Å². The van der Waals surface area contributed by atoms with Crippen LogP contribution in [0.5, 0.6) is 0 Å². The van der Waals surface area contributed by atoms with Crippen LogP contribution in [0, 0.1) is 0 Å². The van der Waals surface area contributed by atoms with E-state index in [4.69, 9.17) is 4.74 Å². The molecule has 0 aliphatic rings. The average molecular weight is 249 g/mol. The summed E-state index contributed by atoms with van der Waals surface area (Å²) in [5.74, 6) is 0. The molecule has 1 aromatic rings. The number of unbranched alkanes of at least 4 members (excludes halogenated alkanes) is 2. The van der Waals surface area contributed by atoms with Gasteiger partial charge >= 0.3 is 0 Å². The van der Waals surface area contributed by atoms with Crippen molar-refractivity contribution in [3.05, 3.63) is 29.8 Å². The minimum Gasteiger partial charge on any atom is -0.382 e. The highest BCUT2D eigenvalue weighted by Crippen LogP contribution is 2.18. The Labute approximate surface area is 112 Å². The molecule has 0 saturated carbocycles. The first-order valence-electron chi connectivity index (χ1n) is 7.20. The van der Waals surface area contributed by atoms with Gasteiger partial charge in [0.1, 0.15) is 0 Å². The lowest BCUT2D eigenvalue weighted by Gasteiger charge is -2.18. The van der Waals surface area contributed by atoms with E-state index in [1.165, 1.54) is 36.9 Å². The molecule has 2 nitrogen and oxygen atoms in total. The van der Waals surface area contributed by atoms with Crippen molar-refractivity contribution in [3.63, 3.8) is 0 Å². The lowest BCUT2D eigenvalue weighted by molar-refractivity contribution is 0.134. The van der Waals surface area contributed by atoms with Gasteiger partial charge in [0.2, 0.25) is 0 Å². The van der Waals surface area contributed by atoms with Crippen LogP contribution in [0.4, 0.5) is 5.69 Å². The lowest BCUT2D eigenvalue weighted by Crippen LogP contribution is -2.16. The number of hydrogen-bond acceptors (Lipinski definition) is 2. The molecule has 1 unspecified atom stereocenters. The summed E-state index contributed by atoms with van der Waals surface area (Å²) in [6, 6.07) is 8.96. The zero-order valence-corrected chi connectivity index (χ0v) is 12.0. The van der Waals surface area contributed by atoms with Crippen molar-refractivity contribution in [1.82, 2.24) is 0 Å². The van der Waals surface area contributed by atoms with Crippen LogP contribution < -0.4 is 5.32 Å². The molecular formula is C16H27NO. The molecule has 1 aromatic carbocycles. The largest absolute Gasteiger partial charge is 0.382 e. The van der Waals surface area contributed by atoms with Gasteiger partial charge in [-0.3, -0.25) is 0 Å². The van der Waals surface area contributed by atoms with Crippen LogP contribution in [0.3, 0.4) is 0 Å². The van der Waals surface area contributed by atoms with Gasteiger partial charge in [-0.2, -0.15) is 0 Å². The molecule has 18 heavy (non-hydrogen) atoms. The van der Waals surface area contributed by atoms with Gasteiger partial charge in [0.25, 0.3) is 0 Å². The molecule has 0 aliphatic heterocycles. The fourth-order valence-corrected chi connectivity index (χ4v) is 2.04. The van der Waals surface area contributed by atoms with E-state index in [0.29, 0.717) is 12.6 Å². The van der Waals surface area contributed by atoms with Gasteiger partial charge in [-0.05, 0) is 26.3 Å². The predicted molar refractivity (Wildman–Crippen MR) is 79.0 cm³/mol. The lowest BCUT2D eigenvalue weighted by atomic mass is 10.1. The zero-order chi connectivity index (χ0) is 13.2. The van der Waals surface area contributed by atoms with Crippen molar-refractivity contribution in [2.75, 3.05) is 11.9 Å². The van der Waals surface area contributed by atoms with Gasteiger partial charge in [-0.25, -0.2) is 0 Å². The second-order valence-corrected chi connectivity index (χ2v) is 4.84. The van der Waals surface area contributed by atoms with Crippen LogP contribution in [0.25, 0.3) is 0 Å². The van der Waals surface area contributed by atoms with E-state index in [0.717, 1.165) is 6.61 Å². The Hall–Kier alpha value is -1.02. The number of ether oxygens (including phenoxy) is 1. The van der Waals surface area contributed by atoms with Gasteiger partial charge < -0.3 is 10.1 Å². The van der Waals surface area contributed by atoms with Crippen LogP contribution in [0.1, 0.15) is 52.0 Å². The van der Waals surface area contributed by atoms with E-state index < -0.39 is 0 Å². The van der Waals surface area contributed by atoms with E-state index in [9.17, 15) is 0 Å². The summed E-state index contributed by atoms with van der Waals surface area (Å²) in [5.41, 5.74) is 2.47. The maximum atomic E-state index is 5.50. The summed E-state index contributed by atoms with van der Waals surface area (Å²) in [6.45, 7) is 7.99. The topological polar surface area (TPSA) is 21.3 Å². The molecule has 102 valence electrons. The van der Waals surface area contributed by atoms with Crippen LogP contribution in [0.2, 0.25) is 0 Å². The Morgan fingerprint density at radius 3 is 2.67 bits per heavy atom. The monoisotopic (exact) mass is 249 g/mol. The standard InChI is InChI=1S/C16H27NO/c1-4-6-7-10-14(3)17-16-12-9-8-11-15(16)13-18-5-2/h8-9,11-12,14,17H,4-7,10,13H2,1-3H3. The maximum absolute atomic E-state index is 5.50. The highest BCUT2D eigenvalue weighted by atomic mass is 16.5. The van der Waals surface area contributed by atoms with Crippen LogP contribution in [0.15, 0.2) is 24.3 Å². The van der Waals surface area contributed by atoms with Gasteiger partial charge in [-0.15, -0.1) is 0 Å². The number of anilines is 1. The molecule has 1 rings (SSSR count). The first-order valence-corrected chi connectivity index (χ1v) is 7.20. The van der Waals surface area contributed by atoms with Crippen molar-refractivity contribution in [2.24, 2.45) is 0 Å². The molecule has 0 heterocycles. The Kier molecular flexibility index (Phi) is 7.51. The summed E-state index contributed by atoms with van der Waals surface area (Å²) in [5, 5.41) is 3.60. The van der Waals surface area contributed by atoms with Crippen LogP contribution >= 0.6 is 0 Å². The molecule has 2 heteroatoms. The van der Waals surface area contributed by atoms with E-state index in [2.05, 4.69) is 43.4 Å². The Bertz CT molecular complexity index is 325. The third-order valence-corrected chi connectivity index (χ3v) is 3.12. The van der Waals surface area contributed by atoms with Gasteiger partial charge in [-0.1, -0.05) is 44.4 Å². The molecule has 0 spiro atoms. The number of rotatable bonds is 9. The zero-order valence-electron chi connectivity index (χ0n) is 12.0. The van der Waals surface area contributed by atoms with Crippen LogP contribution in [-0.4, -0.2) is 12.6 Å². The number of para-hydroxylation sites is 1. The molecule has 0 saturated heterocycles. The third kappa shape index (κ3) is 5.54. The normalized spacial score (nSPS) is 12.4. The summed E-state index contributed by atoms with van der Waals surface area (Å²) in [6.07, 6.45) is 5.15. The first kappa shape index (κ1) is 15.0. The van der Waals surface area contributed by atoms with E-state index in [-0.39, 0.29) is 0 Å². The van der Waals surface area contributed by atoms with E-state index in [1.807, 2.05) is 6.92 Å². The highest BCUT2D eigenvalue weighted by Gasteiger charge is 2.05. The van der Waals surface area contributed by atoms with Gasteiger partial charge in [0.05, 0.1) is 6.61 Å². The molecule has 0 fully saturated rings. The highest BCUT2D eigenvalue weighted by molar-refractivity contribution is 5.51. The number of nitrogens with one attached hydrogen (secondary N) is 1. The first-order chi connectivity index (χ1) is 8.77. The molecule has 1 atom stereocenters. The fraction of sp³-hybridized carbons (Fsp3) is 0.625. The molecule has 0 bridgehead atoms. The van der Waals surface area contributed by atoms with Crippen molar-refractivity contribution < 1.29 is 4.74 Å². The van der Waals surface area contributed by atoms with Crippen molar-refractivity contribution in [2.45, 2.75) is 59.1 Å². The third-order valence-electron chi connectivity index (χ3n) is 3.12. The van der Waals surface area contributed by atoms with Crippen molar-refractivity contribution in [3.8, 4) is 0 Å². The number of hydrogen-bond donors (Lipinski definition) is 1. The quantitative estimate of drug-likeness (QED) is 0.646. The van der Waals surface area contributed by atoms with Crippen molar-refractivity contribution in [1.29, 1.82) is 0 Å². The summed E-state index contributed by atoms with van der Waals surface area (Å²) in [7, 11) is 0. The molecule has 0 amide bonds. The second kappa shape index (κ2) is 8.98. The smallest absolute Gasteiger partial charge is 0.0736 e. The Morgan fingerprint density at radius 1 is 1.17 bits per heavy atom. The minimum absolute atomic E-state index is 0.527. The molecule has 0 aliphatic carbocycles. The minimum atomic E-state index is 0.527. The van der Waals surface area contributed by atoms with E-state index >= 15 is 0 Å². The average Bonchev–Trinajstić information content (AvgIpc) is 2.38. The summed E-state index contributed by atoms with van der Waals surface area (Å²) < 4.78 is 5.50. The number of benzene rings is 1. The Morgan fingerprint density at radius 2 is 1.94 bits per heavy atom. The summed E-state index contributed by atoms with van der Waals surface area (Å²) >= 11 is 0. The maximum Gasteiger partial charge on any atom is 0.0736 e. The van der Waals surface area contributed by atoms with Crippen molar-refractivity contribution >= 4 is 5.69 Å². The van der Waals surface area contributed by atoms with E-state index in [1.54, 1.807) is 0 Å². The molecule has 0 aromatic heterocycles. The predicted octanol–water partition coefficient (Wildman–Crippen LogP) is 4.60. The second-order valence-electron chi connectivity index (χ2n) is 4.84. The Balaban J connectivity index is 2.49. The summed E-state index contributed by atoms with van der Waals surface area (Å²) in [4.78, 5) is 0. The SMILES string of the molecule is CCCCCC(C)Nc1ccccc1COCC. The van der Waals surface area contributed by atoms with Gasteiger partial charge in [0, 0.05) is 23.9 Å². The van der Waals surface area contributed by atoms with Crippen LogP contribution in [-0.2, 0) is 11.3 Å².